The van der Waals surface area contributed by atoms with Crippen LogP contribution in [0.2, 0.25) is 0 Å². The van der Waals surface area contributed by atoms with Gasteiger partial charge >= 0.3 is 0 Å². The minimum atomic E-state index is 0.390. The third-order valence-electron chi connectivity index (χ3n) is 2.64. The highest BCUT2D eigenvalue weighted by Crippen LogP contribution is 2.37. The van der Waals surface area contributed by atoms with Crippen LogP contribution in [0.15, 0.2) is 18.2 Å². The molecule has 1 fully saturated rings. The van der Waals surface area contributed by atoms with Crippen molar-refractivity contribution in [2.24, 2.45) is 0 Å². The number of benzene rings is 1. The fourth-order valence-corrected chi connectivity index (χ4v) is 1.76. The Morgan fingerprint density at radius 1 is 1.21 bits per heavy atom. The van der Waals surface area contributed by atoms with Gasteiger partial charge in [-0.05, 0) is 25.1 Å². The van der Waals surface area contributed by atoms with E-state index >= 15 is 0 Å². The Labute approximate surface area is 84.0 Å². The van der Waals surface area contributed by atoms with Crippen LogP contribution >= 0.6 is 0 Å². The molecule has 0 radical (unpaired) electrons. The molecule has 1 N–H and O–H groups in total. The molecular formula is C11H15NO2. The molecule has 1 aromatic rings. The maximum Gasteiger partial charge on any atom is 0.127 e. The molecule has 3 heteroatoms. The van der Waals surface area contributed by atoms with E-state index in [9.17, 15) is 0 Å². The van der Waals surface area contributed by atoms with Gasteiger partial charge in [0.05, 0.1) is 19.8 Å². The van der Waals surface area contributed by atoms with E-state index in [2.05, 4.69) is 5.32 Å². The second-order valence-electron chi connectivity index (χ2n) is 3.37. The highest BCUT2D eigenvalue weighted by molar-refractivity contribution is 5.47. The van der Waals surface area contributed by atoms with Gasteiger partial charge in [0.25, 0.3) is 0 Å². The third kappa shape index (κ3) is 1.44. The van der Waals surface area contributed by atoms with Gasteiger partial charge in [-0.25, -0.2) is 0 Å². The van der Waals surface area contributed by atoms with E-state index in [0.717, 1.165) is 30.0 Å². The normalized spacial score (nSPS) is 20.0. The molecule has 1 heterocycles. The quantitative estimate of drug-likeness (QED) is 0.793. The van der Waals surface area contributed by atoms with Gasteiger partial charge in [-0.2, -0.15) is 0 Å². The zero-order chi connectivity index (χ0) is 9.97. The maximum absolute atomic E-state index is 5.32. The average molecular weight is 193 g/mol. The van der Waals surface area contributed by atoms with Crippen molar-refractivity contribution in [3.05, 3.63) is 23.8 Å². The summed E-state index contributed by atoms with van der Waals surface area (Å²) in [5.74, 6) is 1.81. The molecule has 2 rings (SSSR count). The van der Waals surface area contributed by atoms with Crippen molar-refractivity contribution in [1.82, 2.24) is 5.32 Å². The van der Waals surface area contributed by atoms with Crippen LogP contribution in [0.25, 0.3) is 0 Å². The van der Waals surface area contributed by atoms with Gasteiger partial charge in [-0.15, -0.1) is 0 Å². The predicted molar refractivity (Wildman–Crippen MR) is 54.9 cm³/mol. The first-order valence-corrected chi connectivity index (χ1v) is 4.81. The van der Waals surface area contributed by atoms with Crippen LogP contribution in [-0.4, -0.2) is 20.8 Å². The summed E-state index contributed by atoms with van der Waals surface area (Å²) in [7, 11) is 3.38. The predicted octanol–water partition coefficient (Wildman–Crippen LogP) is 1.74. The first-order valence-electron chi connectivity index (χ1n) is 4.81. The molecule has 1 atom stereocenters. The van der Waals surface area contributed by atoms with Crippen LogP contribution in [0.3, 0.4) is 0 Å². The van der Waals surface area contributed by atoms with Crippen molar-refractivity contribution in [3.8, 4) is 11.5 Å². The van der Waals surface area contributed by atoms with Gasteiger partial charge in [0.1, 0.15) is 11.5 Å². The Morgan fingerprint density at radius 3 is 2.14 bits per heavy atom. The second-order valence-corrected chi connectivity index (χ2v) is 3.37. The number of ether oxygens (including phenoxy) is 2. The highest BCUT2D eigenvalue weighted by atomic mass is 16.5. The molecule has 1 saturated heterocycles. The fraction of sp³-hybridized carbons (Fsp3) is 0.455. The van der Waals surface area contributed by atoms with Crippen molar-refractivity contribution in [2.75, 3.05) is 20.8 Å². The van der Waals surface area contributed by atoms with E-state index in [1.54, 1.807) is 14.2 Å². The van der Waals surface area contributed by atoms with Crippen molar-refractivity contribution in [2.45, 2.75) is 12.5 Å². The second kappa shape index (κ2) is 3.88. The maximum atomic E-state index is 5.32. The molecule has 1 aliphatic rings. The Morgan fingerprint density at radius 2 is 1.79 bits per heavy atom. The summed E-state index contributed by atoms with van der Waals surface area (Å²) in [6.07, 6.45) is 1.15. The fourth-order valence-electron chi connectivity index (χ4n) is 1.76. The number of hydrogen-bond donors (Lipinski definition) is 1. The molecule has 14 heavy (non-hydrogen) atoms. The Kier molecular flexibility index (Phi) is 2.59. The molecule has 0 aromatic heterocycles. The molecular weight excluding hydrogens is 178 g/mol. The van der Waals surface area contributed by atoms with Crippen LogP contribution in [-0.2, 0) is 0 Å². The standard InChI is InChI=1S/C11H15NO2/c1-13-9-4-3-5-10(14-2)11(9)8-6-7-12-8/h3-5,8,12H,6-7H2,1-2H3/t8-/m0/s1. The van der Waals surface area contributed by atoms with Crippen molar-refractivity contribution < 1.29 is 9.47 Å². The summed E-state index contributed by atoms with van der Waals surface area (Å²) in [5.41, 5.74) is 1.14. The number of hydrogen-bond acceptors (Lipinski definition) is 3. The van der Waals surface area contributed by atoms with E-state index < -0.39 is 0 Å². The van der Waals surface area contributed by atoms with Crippen molar-refractivity contribution in [1.29, 1.82) is 0 Å². The lowest BCUT2D eigenvalue weighted by molar-refractivity contribution is 0.330. The minimum absolute atomic E-state index is 0.390. The number of nitrogens with one attached hydrogen (secondary N) is 1. The molecule has 0 bridgehead atoms. The molecule has 0 spiro atoms. The largest absolute Gasteiger partial charge is 0.496 e. The molecule has 0 amide bonds. The van der Waals surface area contributed by atoms with E-state index in [4.69, 9.17) is 9.47 Å². The summed E-state index contributed by atoms with van der Waals surface area (Å²) in [4.78, 5) is 0. The topological polar surface area (TPSA) is 30.5 Å². The van der Waals surface area contributed by atoms with Gasteiger partial charge in [0.2, 0.25) is 0 Å². The molecule has 0 saturated carbocycles. The SMILES string of the molecule is COc1cccc(OC)c1[C@@H]1CCN1. The minimum Gasteiger partial charge on any atom is -0.496 e. The summed E-state index contributed by atoms with van der Waals surface area (Å²) in [6.45, 7) is 1.08. The third-order valence-corrected chi connectivity index (χ3v) is 2.64. The van der Waals surface area contributed by atoms with Crippen LogP contribution in [0, 0.1) is 0 Å². The van der Waals surface area contributed by atoms with Gasteiger partial charge in [-0.1, -0.05) is 6.07 Å². The summed E-state index contributed by atoms with van der Waals surface area (Å²) >= 11 is 0. The lowest BCUT2D eigenvalue weighted by Crippen LogP contribution is -2.35. The van der Waals surface area contributed by atoms with Crippen LogP contribution in [0.4, 0.5) is 0 Å². The van der Waals surface area contributed by atoms with E-state index in [1.165, 1.54) is 0 Å². The van der Waals surface area contributed by atoms with Crippen LogP contribution in [0.5, 0.6) is 11.5 Å². The monoisotopic (exact) mass is 193 g/mol. The van der Waals surface area contributed by atoms with Crippen molar-refractivity contribution in [3.63, 3.8) is 0 Å². The van der Waals surface area contributed by atoms with Gasteiger partial charge in [0.15, 0.2) is 0 Å². The smallest absolute Gasteiger partial charge is 0.127 e. The average Bonchev–Trinajstić information content (AvgIpc) is 2.15. The highest BCUT2D eigenvalue weighted by Gasteiger charge is 2.25. The van der Waals surface area contributed by atoms with E-state index in [1.807, 2.05) is 18.2 Å². The first kappa shape index (κ1) is 9.34. The van der Waals surface area contributed by atoms with Gasteiger partial charge in [-0.3, -0.25) is 0 Å². The molecule has 1 aliphatic heterocycles. The zero-order valence-electron chi connectivity index (χ0n) is 8.54. The van der Waals surface area contributed by atoms with E-state index in [-0.39, 0.29) is 0 Å². The molecule has 0 unspecified atom stereocenters. The lowest BCUT2D eigenvalue weighted by atomic mass is 9.96. The Bertz CT molecular complexity index is 299. The zero-order valence-corrected chi connectivity index (χ0v) is 8.54. The number of rotatable bonds is 3. The Hall–Kier alpha value is -1.22. The van der Waals surface area contributed by atoms with E-state index in [0.29, 0.717) is 6.04 Å². The molecule has 1 aromatic carbocycles. The molecule has 0 aliphatic carbocycles. The molecule has 3 nitrogen and oxygen atoms in total. The van der Waals surface area contributed by atoms with Gasteiger partial charge < -0.3 is 14.8 Å². The van der Waals surface area contributed by atoms with Crippen molar-refractivity contribution >= 4 is 0 Å². The first-order chi connectivity index (χ1) is 6.86. The Balaban J connectivity index is 2.39. The summed E-state index contributed by atoms with van der Waals surface area (Å²) in [6, 6.07) is 6.27. The summed E-state index contributed by atoms with van der Waals surface area (Å²) in [5, 5.41) is 3.35. The van der Waals surface area contributed by atoms with Crippen LogP contribution < -0.4 is 14.8 Å². The lowest BCUT2D eigenvalue weighted by Gasteiger charge is -2.30. The molecule has 76 valence electrons. The van der Waals surface area contributed by atoms with Crippen LogP contribution in [0.1, 0.15) is 18.0 Å². The summed E-state index contributed by atoms with van der Waals surface area (Å²) < 4.78 is 10.6. The number of methoxy groups -OCH3 is 2. The van der Waals surface area contributed by atoms with Gasteiger partial charge in [0, 0.05) is 6.04 Å².